The molecule has 0 amide bonds. The van der Waals surface area contributed by atoms with Gasteiger partial charge in [-0.15, -0.1) is 11.6 Å². The van der Waals surface area contributed by atoms with Gasteiger partial charge in [0, 0.05) is 24.6 Å². The smallest absolute Gasteiger partial charge is 0.327 e. The van der Waals surface area contributed by atoms with E-state index < -0.39 is 9.28 Å². The third kappa shape index (κ3) is 1.22. The molecule has 0 spiro atoms. The Balaban J connectivity index is 1.77. The van der Waals surface area contributed by atoms with Crippen molar-refractivity contribution in [2.75, 3.05) is 14.2 Å². The molecule has 3 saturated carbocycles. The molecule has 7 atom stereocenters. The molecule has 4 bridgehead atoms. The van der Waals surface area contributed by atoms with E-state index >= 15 is 0 Å². The van der Waals surface area contributed by atoms with E-state index in [0.29, 0.717) is 10.4 Å². The van der Waals surface area contributed by atoms with E-state index in [2.05, 4.69) is 12.2 Å². The first-order chi connectivity index (χ1) is 8.71. The minimum atomic E-state index is -1.60. The van der Waals surface area contributed by atoms with Crippen LogP contribution in [0.25, 0.3) is 0 Å². The van der Waals surface area contributed by atoms with Gasteiger partial charge in [-0.05, 0) is 48.9 Å². The van der Waals surface area contributed by atoms with Gasteiger partial charge in [0.2, 0.25) is 0 Å². The number of rotatable bonds is 3. The summed E-state index contributed by atoms with van der Waals surface area (Å²) in [6, 6.07) is 0. The van der Waals surface area contributed by atoms with Crippen molar-refractivity contribution in [2.24, 2.45) is 29.6 Å². The lowest BCUT2D eigenvalue weighted by Crippen LogP contribution is -2.44. The van der Waals surface area contributed by atoms with Gasteiger partial charge >= 0.3 is 9.28 Å². The lowest BCUT2D eigenvalue weighted by Gasteiger charge is -2.43. The van der Waals surface area contributed by atoms with E-state index in [4.69, 9.17) is 20.5 Å². The molecular formula is C14H21ClO2Si. The van der Waals surface area contributed by atoms with E-state index in [1.807, 2.05) is 14.2 Å². The maximum Gasteiger partial charge on any atom is 0.327 e. The number of hydrogen-bond acceptors (Lipinski definition) is 2. The standard InChI is InChI=1S/C14H21ClO2Si/c1-16-18(17-2)14-6-10(11(15)7-14)12-8-3-4-9(5-8)13(12)14/h3-4,8-13,18H,5-7H2,1-2H3. The van der Waals surface area contributed by atoms with Gasteiger partial charge in [-0.1, -0.05) is 12.2 Å². The van der Waals surface area contributed by atoms with Crippen molar-refractivity contribution in [1.29, 1.82) is 0 Å². The minimum Gasteiger partial charge on any atom is -0.400 e. The molecule has 4 heteroatoms. The molecule has 18 heavy (non-hydrogen) atoms. The topological polar surface area (TPSA) is 18.5 Å². The molecule has 4 rings (SSSR count). The van der Waals surface area contributed by atoms with Crippen molar-refractivity contribution in [3.05, 3.63) is 12.2 Å². The summed E-state index contributed by atoms with van der Waals surface area (Å²) in [6.45, 7) is 0. The van der Waals surface area contributed by atoms with Crippen LogP contribution in [0, 0.1) is 29.6 Å². The molecule has 0 radical (unpaired) electrons. The Bertz CT molecular complexity index is 397. The Kier molecular flexibility index (Phi) is 2.55. The van der Waals surface area contributed by atoms with Crippen molar-refractivity contribution in [1.82, 2.24) is 0 Å². The van der Waals surface area contributed by atoms with E-state index in [1.165, 1.54) is 12.8 Å². The van der Waals surface area contributed by atoms with Crippen molar-refractivity contribution in [3.63, 3.8) is 0 Å². The fourth-order valence-electron chi connectivity index (χ4n) is 5.98. The fourth-order valence-corrected chi connectivity index (χ4v) is 9.50. The molecule has 0 saturated heterocycles. The van der Waals surface area contributed by atoms with Gasteiger partial charge in [-0.3, -0.25) is 0 Å². The lowest BCUT2D eigenvalue weighted by atomic mass is 9.73. The molecule has 100 valence electrons. The zero-order valence-corrected chi connectivity index (χ0v) is 12.9. The van der Waals surface area contributed by atoms with E-state index in [1.54, 1.807) is 0 Å². The van der Waals surface area contributed by atoms with Gasteiger partial charge in [0.15, 0.2) is 0 Å². The monoisotopic (exact) mass is 284 g/mol. The molecule has 0 N–H and O–H groups in total. The van der Waals surface area contributed by atoms with Crippen LogP contribution in [0.3, 0.4) is 0 Å². The normalized spacial score (nSPS) is 55.8. The second-order valence-electron chi connectivity index (χ2n) is 6.68. The van der Waals surface area contributed by atoms with Gasteiger partial charge in [-0.2, -0.15) is 0 Å². The van der Waals surface area contributed by atoms with Gasteiger partial charge in [0.05, 0.1) is 0 Å². The first-order valence-electron chi connectivity index (χ1n) is 7.09. The quantitative estimate of drug-likeness (QED) is 0.343. The van der Waals surface area contributed by atoms with E-state index in [9.17, 15) is 0 Å². The van der Waals surface area contributed by atoms with Crippen LogP contribution >= 0.6 is 11.6 Å². The van der Waals surface area contributed by atoms with Crippen LogP contribution in [-0.4, -0.2) is 28.9 Å². The Morgan fingerprint density at radius 1 is 1.17 bits per heavy atom. The largest absolute Gasteiger partial charge is 0.400 e. The zero-order valence-electron chi connectivity index (χ0n) is 11.0. The summed E-state index contributed by atoms with van der Waals surface area (Å²) in [7, 11) is 2.07. The van der Waals surface area contributed by atoms with Gasteiger partial charge in [0.1, 0.15) is 0 Å². The Morgan fingerprint density at radius 2 is 1.89 bits per heavy atom. The van der Waals surface area contributed by atoms with Crippen molar-refractivity contribution < 1.29 is 8.85 Å². The molecule has 0 heterocycles. The highest BCUT2D eigenvalue weighted by atomic mass is 35.5. The third-order valence-corrected chi connectivity index (χ3v) is 9.36. The Morgan fingerprint density at radius 3 is 2.61 bits per heavy atom. The number of halogens is 1. The maximum atomic E-state index is 6.65. The van der Waals surface area contributed by atoms with Crippen LogP contribution < -0.4 is 0 Å². The lowest BCUT2D eigenvalue weighted by molar-refractivity contribution is 0.166. The van der Waals surface area contributed by atoms with Crippen molar-refractivity contribution >= 4 is 20.9 Å². The highest BCUT2D eigenvalue weighted by molar-refractivity contribution is 6.49. The summed E-state index contributed by atoms with van der Waals surface area (Å²) in [4.78, 5) is 0. The molecule has 0 aliphatic heterocycles. The zero-order chi connectivity index (χ0) is 12.5. The van der Waals surface area contributed by atoms with Crippen LogP contribution in [0.2, 0.25) is 5.04 Å². The average Bonchev–Trinajstić information content (AvgIpc) is 3.05. The predicted molar refractivity (Wildman–Crippen MR) is 73.9 cm³/mol. The summed E-state index contributed by atoms with van der Waals surface area (Å²) in [6.07, 6.45) is 8.69. The van der Waals surface area contributed by atoms with Crippen LogP contribution in [0.15, 0.2) is 12.2 Å². The first-order valence-corrected chi connectivity index (χ1v) is 9.05. The maximum absolute atomic E-state index is 6.65. The number of fused-ring (bicyclic) bond motifs is 9. The summed E-state index contributed by atoms with van der Waals surface area (Å²) < 4.78 is 11.6. The van der Waals surface area contributed by atoms with Crippen LogP contribution in [-0.2, 0) is 8.85 Å². The molecule has 0 aromatic carbocycles. The van der Waals surface area contributed by atoms with Crippen molar-refractivity contribution in [3.8, 4) is 0 Å². The van der Waals surface area contributed by atoms with Gasteiger partial charge < -0.3 is 8.85 Å². The first kappa shape index (κ1) is 11.9. The summed E-state index contributed by atoms with van der Waals surface area (Å²) in [5, 5.41) is 0.675. The average molecular weight is 285 g/mol. The molecule has 3 fully saturated rings. The Hall–Kier alpha value is 0.167. The van der Waals surface area contributed by atoms with Crippen molar-refractivity contribution in [2.45, 2.75) is 29.7 Å². The van der Waals surface area contributed by atoms with Crippen LogP contribution in [0.4, 0.5) is 0 Å². The highest BCUT2D eigenvalue weighted by Crippen LogP contribution is 2.76. The molecular weight excluding hydrogens is 264 g/mol. The molecule has 7 unspecified atom stereocenters. The van der Waals surface area contributed by atoms with Crippen LogP contribution in [0.5, 0.6) is 0 Å². The fraction of sp³-hybridized carbons (Fsp3) is 0.857. The SMILES string of the molecule is CO[SiH](OC)C12CC(Cl)C(C1)C1C3C=CC(C3)C12. The number of allylic oxidation sites excluding steroid dienone is 2. The summed E-state index contributed by atoms with van der Waals surface area (Å²) >= 11 is 6.65. The number of alkyl halides is 1. The molecule has 4 aliphatic carbocycles. The highest BCUT2D eigenvalue weighted by Gasteiger charge is 2.71. The van der Waals surface area contributed by atoms with Crippen LogP contribution in [0.1, 0.15) is 19.3 Å². The van der Waals surface area contributed by atoms with Gasteiger partial charge in [-0.25, -0.2) is 0 Å². The molecule has 4 aliphatic rings. The minimum absolute atomic E-state index is 0.315. The number of hydrogen-bond donors (Lipinski definition) is 0. The van der Waals surface area contributed by atoms with Gasteiger partial charge in [0.25, 0.3) is 0 Å². The summed E-state index contributed by atoms with van der Waals surface area (Å²) in [5.41, 5.74) is 0. The molecule has 0 aromatic rings. The second-order valence-corrected chi connectivity index (χ2v) is 9.99. The van der Waals surface area contributed by atoms with E-state index in [-0.39, 0.29) is 0 Å². The molecule has 2 nitrogen and oxygen atoms in total. The van der Waals surface area contributed by atoms with E-state index in [0.717, 1.165) is 36.0 Å². The second kappa shape index (κ2) is 3.84. The predicted octanol–water partition coefficient (Wildman–Crippen LogP) is 2.71. The molecule has 0 aromatic heterocycles. The Labute approximate surface area is 116 Å². The third-order valence-electron chi connectivity index (χ3n) is 6.23. The summed E-state index contributed by atoms with van der Waals surface area (Å²) in [5.74, 6) is 3.95.